The van der Waals surface area contributed by atoms with Crippen LogP contribution in [0.1, 0.15) is 12.8 Å². The van der Waals surface area contributed by atoms with Crippen LogP contribution in [0.4, 0.5) is 5.82 Å². The zero-order valence-corrected chi connectivity index (χ0v) is 13.1. The van der Waals surface area contributed by atoms with Crippen molar-refractivity contribution in [3.63, 3.8) is 0 Å². The van der Waals surface area contributed by atoms with Crippen LogP contribution in [0.15, 0.2) is 24.5 Å². The lowest BCUT2D eigenvalue weighted by Gasteiger charge is -2.36. The molecule has 7 heteroatoms. The van der Waals surface area contributed by atoms with E-state index in [1.807, 2.05) is 23.2 Å². The summed E-state index contributed by atoms with van der Waals surface area (Å²) in [6.07, 6.45) is 5.65. The maximum absolute atomic E-state index is 12.7. The topological polar surface area (TPSA) is 63.0 Å². The van der Waals surface area contributed by atoms with Crippen LogP contribution in [0.3, 0.4) is 0 Å². The van der Waals surface area contributed by atoms with Gasteiger partial charge in [0.05, 0.1) is 25.3 Å². The van der Waals surface area contributed by atoms with Crippen molar-refractivity contribution >= 4 is 17.4 Å². The first-order valence-electron chi connectivity index (χ1n) is 8.23. The van der Waals surface area contributed by atoms with Crippen molar-refractivity contribution in [1.82, 2.24) is 19.5 Å². The minimum absolute atomic E-state index is 0.0600. The van der Waals surface area contributed by atoms with Crippen molar-refractivity contribution in [2.24, 2.45) is 5.92 Å². The SMILES string of the molecule is O=C(C1CCCN(c2ccn3nccc3n2)C1)N1CCOCC1. The molecule has 2 fully saturated rings. The molecule has 0 aliphatic carbocycles. The third-order valence-corrected chi connectivity index (χ3v) is 4.66. The summed E-state index contributed by atoms with van der Waals surface area (Å²) in [4.78, 5) is 21.5. The van der Waals surface area contributed by atoms with Gasteiger partial charge in [0.2, 0.25) is 5.91 Å². The highest BCUT2D eigenvalue weighted by Crippen LogP contribution is 2.23. The van der Waals surface area contributed by atoms with E-state index >= 15 is 0 Å². The van der Waals surface area contributed by atoms with Crippen molar-refractivity contribution in [1.29, 1.82) is 0 Å². The Morgan fingerprint density at radius 2 is 2.09 bits per heavy atom. The maximum atomic E-state index is 12.7. The lowest BCUT2D eigenvalue weighted by molar-refractivity contribution is -0.139. The first-order chi connectivity index (χ1) is 11.3. The van der Waals surface area contributed by atoms with E-state index in [4.69, 9.17) is 4.74 Å². The van der Waals surface area contributed by atoms with Crippen LogP contribution in [0.25, 0.3) is 5.65 Å². The predicted octanol–water partition coefficient (Wildman–Crippen LogP) is 0.804. The molecule has 2 aliphatic heterocycles. The molecular formula is C16H21N5O2. The molecule has 122 valence electrons. The van der Waals surface area contributed by atoms with Gasteiger partial charge in [0.15, 0.2) is 5.65 Å². The smallest absolute Gasteiger partial charge is 0.227 e. The maximum Gasteiger partial charge on any atom is 0.227 e. The number of fused-ring (bicyclic) bond motifs is 1. The van der Waals surface area contributed by atoms with E-state index in [9.17, 15) is 4.79 Å². The Hall–Kier alpha value is -2.15. The Balaban J connectivity index is 1.48. The van der Waals surface area contributed by atoms with Gasteiger partial charge in [-0.2, -0.15) is 5.10 Å². The summed E-state index contributed by atoms with van der Waals surface area (Å²) >= 11 is 0. The lowest BCUT2D eigenvalue weighted by Crippen LogP contribution is -2.48. The fraction of sp³-hybridized carbons (Fsp3) is 0.562. The number of carbonyl (C=O) groups is 1. The third-order valence-electron chi connectivity index (χ3n) is 4.66. The number of rotatable bonds is 2. The first kappa shape index (κ1) is 14.4. The van der Waals surface area contributed by atoms with Gasteiger partial charge in [-0.25, -0.2) is 9.50 Å². The average molecular weight is 315 g/mol. The number of morpholine rings is 1. The number of amides is 1. The second-order valence-electron chi connectivity index (χ2n) is 6.14. The highest BCUT2D eigenvalue weighted by molar-refractivity contribution is 5.79. The Bertz CT molecular complexity index is 695. The van der Waals surface area contributed by atoms with Crippen LogP contribution in [0.2, 0.25) is 0 Å². The summed E-state index contributed by atoms with van der Waals surface area (Å²) < 4.78 is 7.09. The molecule has 0 aromatic carbocycles. The highest BCUT2D eigenvalue weighted by atomic mass is 16.5. The van der Waals surface area contributed by atoms with Gasteiger partial charge >= 0.3 is 0 Å². The van der Waals surface area contributed by atoms with Crippen LogP contribution in [0, 0.1) is 5.92 Å². The number of piperidine rings is 1. The van der Waals surface area contributed by atoms with Crippen LogP contribution >= 0.6 is 0 Å². The van der Waals surface area contributed by atoms with Crippen LogP contribution in [0.5, 0.6) is 0 Å². The van der Waals surface area contributed by atoms with Gasteiger partial charge in [0.1, 0.15) is 5.82 Å². The van der Waals surface area contributed by atoms with Crippen molar-refractivity contribution in [2.45, 2.75) is 12.8 Å². The molecule has 2 saturated heterocycles. The monoisotopic (exact) mass is 315 g/mol. The molecule has 0 radical (unpaired) electrons. The number of hydrogen-bond donors (Lipinski definition) is 0. The zero-order valence-electron chi connectivity index (χ0n) is 13.1. The molecule has 2 aromatic heterocycles. The Labute approximate surface area is 134 Å². The molecule has 1 amide bonds. The van der Waals surface area contributed by atoms with E-state index in [0.717, 1.165) is 50.5 Å². The number of hydrogen-bond acceptors (Lipinski definition) is 5. The molecular weight excluding hydrogens is 294 g/mol. The Morgan fingerprint density at radius 1 is 1.22 bits per heavy atom. The van der Waals surface area contributed by atoms with E-state index in [1.54, 1.807) is 10.7 Å². The Kier molecular flexibility index (Phi) is 3.87. The van der Waals surface area contributed by atoms with E-state index in [1.165, 1.54) is 0 Å². The molecule has 1 atom stereocenters. The number of anilines is 1. The summed E-state index contributed by atoms with van der Waals surface area (Å²) in [5.41, 5.74) is 0.837. The summed E-state index contributed by atoms with van der Waals surface area (Å²) in [6, 6.07) is 3.87. The quantitative estimate of drug-likeness (QED) is 0.820. The fourth-order valence-corrected chi connectivity index (χ4v) is 3.41. The van der Waals surface area contributed by atoms with Crippen LogP contribution in [-0.2, 0) is 9.53 Å². The van der Waals surface area contributed by atoms with E-state index in [2.05, 4.69) is 15.0 Å². The van der Waals surface area contributed by atoms with Gasteiger partial charge in [0, 0.05) is 38.4 Å². The average Bonchev–Trinajstić information content (AvgIpc) is 3.09. The van der Waals surface area contributed by atoms with Crippen molar-refractivity contribution < 1.29 is 9.53 Å². The largest absolute Gasteiger partial charge is 0.378 e. The number of aromatic nitrogens is 3. The minimum Gasteiger partial charge on any atom is -0.378 e. The normalized spacial score (nSPS) is 22.5. The second-order valence-corrected chi connectivity index (χ2v) is 6.14. The molecule has 2 aromatic rings. The summed E-state index contributed by atoms with van der Waals surface area (Å²) in [5, 5.41) is 4.17. The standard InChI is InChI=1S/C16H21N5O2/c22-16(19-8-10-23-11-9-19)13-2-1-6-20(12-13)14-4-7-21-15(18-14)3-5-17-21/h3-5,7,13H,1-2,6,8-12H2. The van der Waals surface area contributed by atoms with E-state index in [0.29, 0.717) is 13.2 Å². The van der Waals surface area contributed by atoms with Crippen molar-refractivity contribution in [3.05, 3.63) is 24.5 Å². The molecule has 4 rings (SSSR count). The first-order valence-corrected chi connectivity index (χ1v) is 8.23. The highest BCUT2D eigenvalue weighted by Gasteiger charge is 2.30. The molecule has 2 aliphatic rings. The molecule has 0 N–H and O–H groups in total. The van der Waals surface area contributed by atoms with Crippen molar-refractivity contribution in [3.8, 4) is 0 Å². The summed E-state index contributed by atoms with van der Waals surface area (Å²) in [7, 11) is 0. The number of carbonyl (C=O) groups excluding carboxylic acids is 1. The van der Waals surface area contributed by atoms with Crippen LogP contribution in [-0.4, -0.2) is 64.8 Å². The van der Waals surface area contributed by atoms with E-state index < -0.39 is 0 Å². The van der Waals surface area contributed by atoms with Crippen LogP contribution < -0.4 is 4.90 Å². The van der Waals surface area contributed by atoms with Crippen molar-refractivity contribution in [2.75, 3.05) is 44.3 Å². The fourth-order valence-electron chi connectivity index (χ4n) is 3.41. The summed E-state index contributed by atoms with van der Waals surface area (Å²) in [6.45, 7) is 4.44. The summed E-state index contributed by atoms with van der Waals surface area (Å²) in [5.74, 6) is 1.26. The minimum atomic E-state index is 0.0600. The molecule has 0 spiro atoms. The molecule has 7 nitrogen and oxygen atoms in total. The van der Waals surface area contributed by atoms with Gasteiger partial charge in [-0.3, -0.25) is 4.79 Å². The Morgan fingerprint density at radius 3 is 2.96 bits per heavy atom. The van der Waals surface area contributed by atoms with Gasteiger partial charge in [-0.05, 0) is 18.9 Å². The van der Waals surface area contributed by atoms with Gasteiger partial charge in [-0.1, -0.05) is 0 Å². The van der Waals surface area contributed by atoms with Gasteiger partial charge in [-0.15, -0.1) is 0 Å². The lowest BCUT2D eigenvalue weighted by atomic mass is 9.96. The molecule has 0 bridgehead atoms. The number of ether oxygens (including phenoxy) is 1. The molecule has 23 heavy (non-hydrogen) atoms. The third kappa shape index (κ3) is 2.88. The second kappa shape index (κ2) is 6.16. The molecule has 1 unspecified atom stereocenters. The number of nitrogens with zero attached hydrogens (tertiary/aromatic N) is 5. The zero-order chi connectivity index (χ0) is 15.6. The van der Waals surface area contributed by atoms with E-state index in [-0.39, 0.29) is 11.8 Å². The molecule has 4 heterocycles. The van der Waals surface area contributed by atoms with Gasteiger partial charge in [0.25, 0.3) is 0 Å². The van der Waals surface area contributed by atoms with Gasteiger partial charge < -0.3 is 14.5 Å². The molecule has 0 saturated carbocycles. The predicted molar refractivity (Wildman–Crippen MR) is 85.3 cm³/mol.